The molecule has 2 unspecified atom stereocenters. The van der Waals surface area contributed by atoms with Gasteiger partial charge in [-0.15, -0.1) is 0 Å². The number of rotatable bonds is 7. The molecule has 2 nitrogen and oxygen atoms in total. The van der Waals surface area contributed by atoms with Crippen molar-refractivity contribution in [3.63, 3.8) is 0 Å². The van der Waals surface area contributed by atoms with E-state index >= 15 is 0 Å². The summed E-state index contributed by atoms with van der Waals surface area (Å²) < 4.78 is 5.55. The summed E-state index contributed by atoms with van der Waals surface area (Å²) in [7, 11) is 0. The monoisotopic (exact) mass is 241 g/mol. The molecule has 2 heteroatoms. The normalized spacial score (nSPS) is 25.8. The van der Waals surface area contributed by atoms with Crippen LogP contribution >= 0.6 is 0 Å². The highest BCUT2D eigenvalue weighted by Gasteiger charge is 2.23. The minimum atomic E-state index is 0.370. The van der Waals surface area contributed by atoms with Gasteiger partial charge in [-0.2, -0.15) is 0 Å². The fraction of sp³-hybridized carbons (Fsp3) is 1.00. The minimum absolute atomic E-state index is 0.370. The van der Waals surface area contributed by atoms with E-state index in [2.05, 4.69) is 33.0 Å². The smallest absolute Gasteiger partial charge is 0.0518 e. The highest BCUT2D eigenvalue weighted by atomic mass is 16.5. The van der Waals surface area contributed by atoms with Crippen molar-refractivity contribution < 1.29 is 4.74 Å². The molecule has 1 aliphatic carbocycles. The van der Waals surface area contributed by atoms with E-state index in [0.717, 1.165) is 37.5 Å². The molecule has 0 heterocycles. The molecule has 0 amide bonds. The van der Waals surface area contributed by atoms with E-state index in [1.54, 1.807) is 0 Å². The zero-order valence-corrected chi connectivity index (χ0v) is 12.2. The van der Waals surface area contributed by atoms with Crippen molar-refractivity contribution in [2.24, 2.45) is 11.8 Å². The molecule has 0 aromatic rings. The van der Waals surface area contributed by atoms with Gasteiger partial charge in [0.25, 0.3) is 0 Å². The van der Waals surface area contributed by atoms with E-state index in [9.17, 15) is 0 Å². The van der Waals surface area contributed by atoms with Gasteiger partial charge in [-0.1, -0.05) is 26.7 Å². The summed E-state index contributed by atoms with van der Waals surface area (Å²) in [5.41, 5.74) is 0. The van der Waals surface area contributed by atoms with E-state index in [4.69, 9.17) is 4.74 Å². The predicted molar refractivity (Wildman–Crippen MR) is 74.3 cm³/mol. The summed E-state index contributed by atoms with van der Waals surface area (Å²) in [4.78, 5) is 0. The second-order valence-corrected chi connectivity index (χ2v) is 6.09. The lowest BCUT2D eigenvalue weighted by Gasteiger charge is -2.32. The Bertz CT molecular complexity index is 191. The third kappa shape index (κ3) is 6.42. The van der Waals surface area contributed by atoms with Crippen LogP contribution in [0, 0.1) is 11.8 Å². The maximum absolute atomic E-state index is 5.55. The predicted octanol–water partition coefficient (Wildman–Crippen LogP) is 3.61. The Morgan fingerprint density at radius 2 is 1.94 bits per heavy atom. The van der Waals surface area contributed by atoms with E-state index in [-0.39, 0.29) is 0 Å². The summed E-state index contributed by atoms with van der Waals surface area (Å²) in [5, 5.41) is 3.70. The van der Waals surface area contributed by atoms with E-state index in [0.29, 0.717) is 6.10 Å². The Kier molecular flexibility index (Phi) is 7.14. The maximum Gasteiger partial charge on any atom is 0.0518 e. The van der Waals surface area contributed by atoms with E-state index in [1.165, 1.54) is 25.7 Å². The molecule has 1 fully saturated rings. The lowest BCUT2D eigenvalue weighted by molar-refractivity contribution is 0.0761. The standard InChI is InChI=1S/C15H31NO/c1-12(2)14-7-5-8-15(11-14)16-9-6-10-17-13(3)4/h12-16H,5-11H2,1-4H3. The number of hydrogen-bond donors (Lipinski definition) is 1. The first-order chi connectivity index (χ1) is 8.09. The van der Waals surface area contributed by atoms with Crippen molar-refractivity contribution in [1.29, 1.82) is 0 Å². The van der Waals surface area contributed by atoms with Gasteiger partial charge in [0.15, 0.2) is 0 Å². The summed E-state index contributed by atoms with van der Waals surface area (Å²) >= 11 is 0. The van der Waals surface area contributed by atoms with Crippen LogP contribution in [0.1, 0.15) is 59.8 Å². The molecule has 0 saturated heterocycles. The molecule has 0 radical (unpaired) electrons. The molecule has 1 saturated carbocycles. The molecule has 1 rings (SSSR count). The van der Waals surface area contributed by atoms with Crippen LogP contribution in [0.15, 0.2) is 0 Å². The Balaban J connectivity index is 2.06. The molecular weight excluding hydrogens is 210 g/mol. The zero-order valence-electron chi connectivity index (χ0n) is 12.2. The van der Waals surface area contributed by atoms with Crippen molar-refractivity contribution in [2.45, 2.75) is 71.9 Å². The molecule has 102 valence electrons. The third-order valence-corrected chi connectivity index (χ3v) is 3.86. The first-order valence-electron chi connectivity index (χ1n) is 7.44. The topological polar surface area (TPSA) is 21.3 Å². The van der Waals surface area contributed by atoms with Crippen LogP contribution in [0.25, 0.3) is 0 Å². The van der Waals surface area contributed by atoms with Crippen LogP contribution in [-0.2, 0) is 4.74 Å². The average Bonchev–Trinajstić information content (AvgIpc) is 2.28. The zero-order chi connectivity index (χ0) is 12.7. The van der Waals surface area contributed by atoms with Gasteiger partial charge in [-0.3, -0.25) is 0 Å². The Labute approximate surface area is 108 Å². The van der Waals surface area contributed by atoms with Gasteiger partial charge in [0, 0.05) is 12.6 Å². The Morgan fingerprint density at radius 3 is 2.59 bits per heavy atom. The van der Waals surface area contributed by atoms with Gasteiger partial charge in [0.1, 0.15) is 0 Å². The summed E-state index contributed by atoms with van der Waals surface area (Å²) in [6.07, 6.45) is 7.10. The van der Waals surface area contributed by atoms with Crippen molar-refractivity contribution in [3.8, 4) is 0 Å². The molecule has 0 spiro atoms. The molecule has 0 aromatic carbocycles. The fourth-order valence-electron chi connectivity index (χ4n) is 2.72. The van der Waals surface area contributed by atoms with E-state index < -0.39 is 0 Å². The van der Waals surface area contributed by atoms with Crippen LogP contribution in [0.3, 0.4) is 0 Å². The van der Waals surface area contributed by atoms with Crippen LogP contribution in [0.4, 0.5) is 0 Å². The molecule has 0 aliphatic heterocycles. The number of nitrogens with one attached hydrogen (secondary N) is 1. The van der Waals surface area contributed by atoms with Crippen LogP contribution in [0.2, 0.25) is 0 Å². The summed E-state index contributed by atoms with van der Waals surface area (Å²) in [6, 6.07) is 0.759. The molecule has 0 aromatic heterocycles. The minimum Gasteiger partial charge on any atom is -0.379 e. The second kappa shape index (κ2) is 8.10. The van der Waals surface area contributed by atoms with Gasteiger partial charge >= 0.3 is 0 Å². The first kappa shape index (κ1) is 15.0. The second-order valence-electron chi connectivity index (χ2n) is 6.09. The Morgan fingerprint density at radius 1 is 1.18 bits per heavy atom. The molecule has 1 N–H and O–H groups in total. The molecule has 0 bridgehead atoms. The van der Waals surface area contributed by atoms with Crippen LogP contribution in [-0.4, -0.2) is 25.3 Å². The van der Waals surface area contributed by atoms with Crippen molar-refractivity contribution in [1.82, 2.24) is 5.32 Å². The Hall–Kier alpha value is -0.0800. The summed E-state index contributed by atoms with van der Waals surface area (Å²) in [6.45, 7) is 10.9. The van der Waals surface area contributed by atoms with Crippen LogP contribution < -0.4 is 5.32 Å². The lowest BCUT2D eigenvalue weighted by Crippen LogP contribution is -2.36. The molecular formula is C15H31NO. The third-order valence-electron chi connectivity index (χ3n) is 3.86. The largest absolute Gasteiger partial charge is 0.379 e. The van der Waals surface area contributed by atoms with Gasteiger partial charge in [0.2, 0.25) is 0 Å². The van der Waals surface area contributed by atoms with Gasteiger partial charge in [0.05, 0.1) is 6.10 Å². The number of ether oxygens (including phenoxy) is 1. The quantitative estimate of drug-likeness (QED) is 0.688. The first-order valence-corrected chi connectivity index (χ1v) is 7.44. The van der Waals surface area contributed by atoms with Crippen molar-refractivity contribution in [2.75, 3.05) is 13.2 Å². The molecule has 2 atom stereocenters. The lowest BCUT2D eigenvalue weighted by atomic mass is 9.79. The summed E-state index contributed by atoms with van der Waals surface area (Å²) in [5.74, 6) is 1.79. The fourth-order valence-corrected chi connectivity index (χ4v) is 2.72. The molecule has 1 aliphatic rings. The van der Waals surface area contributed by atoms with E-state index in [1.807, 2.05) is 0 Å². The highest BCUT2D eigenvalue weighted by molar-refractivity contribution is 4.79. The SMILES string of the molecule is CC(C)OCCCNC1CCCC(C(C)C)C1. The van der Waals surface area contributed by atoms with Gasteiger partial charge in [-0.05, 0) is 51.5 Å². The van der Waals surface area contributed by atoms with Gasteiger partial charge < -0.3 is 10.1 Å². The average molecular weight is 241 g/mol. The van der Waals surface area contributed by atoms with Crippen LogP contribution in [0.5, 0.6) is 0 Å². The number of hydrogen-bond acceptors (Lipinski definition) is 2. The maximum atomic E-state index is 5.55. The van der Waals surface area contributed by atoms with Crippen molar-refractivity contribution in [3.05, 3.63) is 0 Å². The highest BCUT2D eigenvalue weighted by Crippen LogP contribution is 2.29. The molecule has 17 heavy (non-hydrogen) atoms. The van der Waals surface area contributed by atoms with Crippen molar-refractivity contribution >= 4 is 0 Å². The van der Waals surface area contributed by atoms with Gasteiger partial charge in [-0.25, -0.2) is 0 Å².